The Kier molecular flexibility index (Phi) is 5.03. The molecule has 1 atom stereocenters. The molecule has 0 saturated heterocycles. The molecule has 16 heavy (non-hydrogen) atoms. The molecule has 1 rings (SSSR count). The minimum Gasteiger partial charge on any atom is -0.353 e. The molecule has 0 aliphatic rings. The van der Waals surface area contributed by atoms with E-state index in [-0.39, 0.29) is 11.9 Å². The molecule has 0 bridgehead atoms. The quantitative estimate of drug-likeness (QED) is 0.810. The smallest absolute Gasteiger partial charge is 0.217 e. The van der Waals surface area contributed by atoms with Crippen molar-refractivity contribution in [3.8, 4) is 0 Å². The molecule has 2 nitrogen and oxygen atoms in total. The van der Waals surface area contributed by atoms with Crippen molar-refractivity contribution in [2.24, 2.45) is 0 Å². The van der Waals surface area contributed by atoms with Crippen molar-refractivity contribution in [1.29, 1.82) is 0 Å². The lowest BCUT2D eigenvalue weighted by atomic mass is 10.0. The third kappa shape index (κ3) is 4.05. The van der Waals surface area contributed by atoms with Gasteiger partial charge < -0.3 is 5.32 Å². The van der Waals surface area contributed by atoms with Gasteiger partial charge in [0, 0.05) is 13.0 Å². The Labute approximate surface area is 98.1 Å². The molecule has 0 fully saturated rings. The van der Waals surface area contributed by atoms with Gasteiger partial charge in [-0.1, -0.05) is 38.1 Å². The van der Waals surface area contributed by atoms with Gasteiger partial charge in [0.25, 0.3) is 0 Å². The summed E-state index contributed by atoms with van der Waals surface area (Å²) in [7, 11) is 0. The fourth-order valence-electron chi connectivity index (χ4n) is 1.78. The number of rotatable bonds is 5. The van der Waals surface area contributed by atoms with Crippen LogP contribution in [0.5, 0.6) is 0 Å². The zero-order chi connectivity index (χ0) is 12.0. The Morgan fingerprint density at radius 2 is 1.75 bits per heavy atom. The molecule has 1 amide bonds. The van der Waals surface area contributed by atoms with Crippen LogP contribution in [0.3, 0.4) is 0 Å². The Hall–Kier alpha value is -1.31. The van der Waals surface area contributed by atoms with Gasteiger partial charge in [0.15, 0.2) is 0 Å². The van der Waals surface area contributed by atoms with Gasteiger partial charge in [0.2, 0.25) is 5.91 Å². The first-order valence-corrected chi connectivity index (χ1v) is 6.00. The highest BCUT2D eigenvalue weighted by Gasteiger charge is 2.07. The summed E-state index contributed by atoms with van der Waals surface area (Å²) in [6.45, 7) is 5.82. The van der Waals surface area contributed by atoms with Gasteiger partial charge in [-0.2, -0.15) is 0 Å². The fraction of sp³-hybridized carbons (Fsp3) is 0.500. The number of benzene rings is 1. The summed E-state index contributed by atoms with van der Waals surface area (Å²) in [6.07, 6.45) is 2.96. The summed E-state index contributed by atoms with van der Waals surface area (Å²) >= 11 is 0. The van der Waals surface area contributed by atoms with Crippen LogP contribution in [0.2, 0.25) is 0 Å². The van der Waals surface area contributed by atoms with Crippen LogP contribution < -0.4 is 5.32 Å². The van der Waals surface area contributed by atoms with Crippen LogP contribution in [0.25, 0.3) is 0 Å². The van der Waals surface area contributed by atoms with E-state index in [1.807, 2.05) is 0 Å². The summed E-state index contributed by atoms with van der Waals surface area (Å²) in [6, 6.07) is 8.89. The maximum atomic E-state index is 11.0. The SMILES string of the molecule is CCc1ccc(CC(CC)NC(C)=O)cc1. The van der Waals surface area contributed by atoms with Crippen LogP contribution in [0, 0.1) is 0 Å². The molecule has 0 heterocycles. The lowest BCUT2D eigenvalue weighted by Crippen LogP contribution is -2.34. The molecule has 0 aliphatic heterocycles. The second-order valence-electron chi connectivity index (χ2n) is 4.18. The van der Waals surface area contributed by atoms with Gasteiger partial charge in [-0.25, -0.2) is 0 Å². The Balaban J connectivity index is 2.59. The average Bonchev–Trinajstić information content (AvgIpc) is 2.28. The molecule has 0 aliphatic carbocycles. The topological polar surface area (TPSA) is 29.1 Å². The predicted molar refractivity (Wildman–Crippen MR) is 67.4 cm³/mol. The fourth-order valence-corrected chi connectivity index (χ4v) is 1.78. The van der Waals surface area contributed by atoms with Gasteiger partial charge in [-0.05, 0) is 30.4 Å². The molecule has 2 heteroatoms. The van der Waals surface area contributed by atoms with Crippen molar-refractivity contribution in [3.05, 3.63) is 35.4 Å². The molecule has 88 valence electrons. The molecule has 0 spiro atoms. The molecule has 1 unspecified atom stereocenters. The minimum absolute atomic E-state index is 0.0528. The van der Waals surface area contributed by atoms with E-state index in [4.69, 9.17) is 0 Å². The largest absolute Gasteiger partial charge is 0.353 e. The Bertz CT molecular complexity index is 329. The van der Waals surface area contributed by atoms with E-state index < -0.39 is 0 Å². The van der Waals surface area contributed by atoms with Crippen molar-refractivity contribution in [3.63, 3.8) is 0 Å². The highest BCUT2D eigenvalue weighted by atomic mass is 16.1. The molecule has 0 radical (unpaired) electrons. The third-order valence-electron chi connectivity index (χ3n) is 2.81. The molecular weight excluding hydrogens is 198 g/mol. The highest BCUT2D eigenvalue weighted by Crippen LogP contribution is 2.09. The Morgan fingerprint density at radius 1 is 1.19 bits per heavy atom. The number of aryl methyl sites for hydroxylation is 1. The van der Waals surface area contributed by atoms with Crippen LogP contribution in [-0.2, 0) is 17.6 Å². The maximum absolute atomic E-state index is 11.0. The van der Waals surface area contributed by atoms with Crippen molar-refractivity contribution in [1.82, 2.24) is 5.32 Å². The summed E-state index contributed by atoms with van der Waals surface area (Å²) in [5, 5.41) is 2.97. The molecule has 0 saturated carbocycles. The van der Waals surface area contributed by atoms with E-state index in [2.05, 4.69) is 43.4 Å². The van der Waals surface area contributed by atoms with Crippen LogP contribution >= 0.6 is 0 Å². The summed E-state index contributed by atoms with van der Waals surface area (Å²) < 4.78 is 0. The first kappa shape index (κ1) is 12.8. The zero-order valence-corrected chi connectivity index (χ0v) is 10.4. The van der Waals surface area contributed by atoms with Gasteiger partial charge in [0.1, 0.15) is 0 Å². The predicted octanol–water partition coefficient (Wildman–Crippen LogP) is 2.71. The van der Waals surface area contributed by atoms with E-state index in [9.17, 15) is 4.79 Å². The van der Waals surface area contributed by atoms with Crippen LogP contribution in [0.4, 0.5) is 0 Å². The summed E-state index contributed by atoms with van der Waals surface area (Å²) in [4.78, 5) is 11.0. The van der Waals surface area contributed by atoms with E-state index in [1.165, 1.54) is 11.1 Å². The maximum Gasteiger partial charge on any atom is 0.217 e. The number of hydrogen-bond acceptors (Lipinski definition) is 1. The van der Waals surface area contributed by atoms with Gasteiger partial charge in [-0.15, -0.1) is 0 Å². The Morgan fingerprint density at radius 3 is 2.19 bits per heavy atom. The van der Waals surface area contributed by atoms with Crippen molar-refractivity contribution >= 4 is 5.91 Å². The lowest BCUT2D eigenvalue weighted by Gasteiger charge is -2.15. The number of amides is 1. The summed E-state index contributed by atoms with van der Waals surface area (Å²) in [5.41, 5.74) is 2.65. The second kappa shape index (κ2) is 6.31. The van der Waals surface area contributed by atoms with Gasteiger partial charge in [0.05, 0.1) is 0 Å². The van der Waals surface area contributed by atoms with Crippen LogP contribution in [0.15, 0.2) is 24.3 Å². The number of carbonyl (C=O) groups excluding carboxylic acids is 1. The minimum atomic E-state index is 0.0528. The monoisotopic (exact) mass is 219 g/mol. The van der Waals surface area contributed by atoms with E-state index in [0.717, 1.165) is 19.3 Å². The molecule has 1 aromatic rings. The van der Waals surface area contributed by atoms with Crippen LogP contribution in [-0.4, -0.2) is 11.9 Å². The normalized spacial score (nSPS) is 12.2. The molecular formula is C14H21NO. The van der Waals surface area contributed by atoms with Gasteiger partial charge in [-0.3, -0.25) is 4.79 Å². The average molecular weight is 219 g/mol. The van der Waals surface area contributed by atoms with E-state index >= 15 is 0 Å². The zero-order valence-electron chi connectivity index (χ0n) is 10.4. The number of carbonyl (C=O) groups is 1. The van der Waals surface area contributed by atoms with Crippen molar-refractivity contribution in [2.75, 3.05) is 0 Å². The lowest BCUT2D eigenvalue weighted by molar-refractivity contribution is -0.119. The highest BCUT2D eigenvalue weighted by molar-refractivity contribution is 5.73. The third-order valence-corrected chi connectivity index (χ3v) is 2.81. The van der Waals surface area contributed by atoms with E-state index in [1.54, 1.807) is 6.92 Å². The van der Waals surface area contributed by atoms with Crippen LogP contribution in [0.1, 0.15) is 38.3 Å². The second-order valence-corrected chi connectivity index (χ2v) is 4.18. The molecule has 0 aromatic heterocycles. The van der Waals surface area contributed by atoms with Crippen molar-refractivity contribution < 1.29 is 4.79 Å². The standard InChI is InChI=1S/C14H21NO/c1-4-12-6-8-13(9-7-12)10-14(5-2)15-11(3)16/h6-9,14H,4-5,10H2,1-3H3,(H,15,16). The van der Waals surface area contributed by atoms with E-state index in [0.29, 0.717) is 0 Å². The number of hydrogen-bond donors (Lipinski definition) is 1. The van der Waals surface area contributed by atoms with Gasteiger partial charge >= 0.3 is 0 Å². The summed E-state index contributed by atoms with van der Waals surface area (Å²) in [5.74, 6) is 0.0528. The van der Waals surface area contributed by atoms with Crippen molar-refractivity contribution in [2.45, 2.75) is 46.1 Å². The number of nitrogens with one attached hydrogen (secondary N) is 1. The first-order valence-electron chi connectivity index (χ1n) is 6.00. The molecule has 1 N–H and O–H groups in total. The molecule has 1 aromatic carbocycles. The first-order chi connectivity index (χ1) is 7.65.